The number of aromatic nitrogens is 5. The molecule has 6 heteroatoms. The average molecular weight is 730 g/mol. The summed E-state index contributed by atoms with van der Waals surface area (Å²) in [6, 6.07) is 65.4. The first kappa shape index (κ1) is 31.5. The van der Waals surface area contributed by atoms with Gasteiger partial charge in [0.15, 0.2) is 17.5 Å². The second-order valence-electron chi connectivity index (χ2n) is 14.4. The van der Waals surface area contributed by atoms with Crippen LogP contribution in [0.3, 0.4) is 0 Å². The first-order valence-electron chi connectivity index (χ1n) is 19.1. The standard InChI is InChI=1S/C51H31N5O/c1-4-16-32(17-5-1)49-52-50(33-18-6-2-7-19-33)54-51(53-49)47-42(30-31-44-46(47)38-24-12-15-27-43(38)57-44)56-40-26-14-11-23-37(40)45-41(56)29-28-36-35-22-10-13-25-39(35)55(48(36)45)34-20-8-3-9-21-34/h1-31H. The zero-order valence-corrected chi connectivity index (χ0v) is 30.5. The number of fused-ring (bicyclic) bond motifs is 10. The average Bonchev–Trinajstić information content (AvgIpc) is 3.94. The molecule has 0 radical (unpaired) electrons. The minimum Gasteiger partial charge on any atom is -0.456 e. The molecule has 0 aliphatic rings. The highest BCUT2D eigenvalue weighted by molar-refractivity contribution is 6.26. The molecule has 4 aromatic heterocycles. The van der Waals surface area contributed by atoms with Gasteiger partial charge in [0.25, 0.3) is 0 Å². The molecule has 0 unspecified atom stereocenters. The fourth-order valence-electron chi connectivity index (χ4n) is 8.75. The summed E-state index contributed by atoms with van der Waals surface area (Å²) < 4.78 is 11.4. The van der Waals surface area contributed by atoms with E-state index in [4.69, 9.17) is 19.4 Å². The maximum Gasteiger partial charge on any atom is 0.166 e. The van der Waals surface area contributed by atoms with Gasteiger partial charge in [-0.15, -0.1) is 0 Å². The van der Waals surface area contributed by atoms with Crippen LogP contribution in [0.5, 0.6) is 0 Å². The summed E-state index contributed by atoms with van der Waals surface area (Å²) in [7, 11) is 0. The van der Waals surface area contributed by atoms with Crippen LogP contribution < -0.4 is 0 Å². The van der Waals surface area contributed by atoms with Gasteiger partial charge in [-0.1, -0.05) is 140 Å². The van der Waals surface area contributed by atoms with E-state index in [-0.39, 0.29) is 0 Å². The van der Waals surface area contributed by atoms with Crippen LogP contribution in [0, 0.1) is 0 Å². The molecular formula is C51H31N5O. The smallest absolute Gasteiger partial charge is 0.166 e. The Bertz CT molecular complexity index is 3450. The summed E-state index contributed by atoms with van der Waals surface area (Å²) in [6.07, 6.45) is 0. The Balaban J connectivity index is 1.25. The molecule has 6 nitrogen and oxygen atoms in total. The molecule has 4 heterocycles. The monoisotopic (exact) mass is 729 g/mol. The van der Waals surface area contributed by atoms with Crippen LogP contribution >= 0.6 is 0 Å². The third kappa shape index (κ3) is 4.74. The SMILES string of the molecule is c1ccc(-c2nc(-c3ccccc3)nc(-c3c(-n4c5ccccc5c5c4ccc4c6ccccc6n(-c6ccccc6)c45)ccc4oc5ccccc5c34)n2)cc1. The zero-order valence-electron chi connectivity index (χ0n) is 30.5. The van der Waals surface area contributed by atoms with E-state index in [1.807, 2.05) is 72.8 Å². The summed E-state index contributed by atoms with van der Waals surface area (Å²) in [5.41, 5.74) is 10.9. The van der Waals surface area contributed by atoms with Crippen LogP contribution in [0.15, 0.2) is 192 Å². The van der Waals surface area contributed by atoms with Crippen LogP contribution in [0.25, 0.3) is 111 Å². The molecule has 57 heavy (non-hydrogen) atoms. The van der Waals surface area contributed by atoms with Crippen molar-refractivity contribution in [2.45, 2.75) is 0 Å². The van der Waals surface area contributed by atoms with E-state index < -0.39 is 0 Å². The highest BCUT2D eigenvalue weighted by Gasteiger charge is 2.26. The molecule has 12 rings (SSSR count). The van der Waals surface area contributed by atoms with Crippen molar-refractivity contribution in [1.82, 2.24) is 24.1 Å². The van der Waals surface area contributed by atoms with Crippen molar-refractivity contribution in [2.75, 3.05) is 0 Å². The van der Waals surface area contributed by atoms with Gasteiger partial charge in [0, 0.05) is 49.1 Å². The Morgan fingerprint density at radius 2 is 0.912 bits per heavy atom. The van der Waals surface area contributed by atoms with E-state index >= 15 is 0 Å². The van der Waals surface area contributed by atoms with E-state index in [0.717, 1.165) is 66.4 Å². The molecule has 0 N–H and O–H groups in total. The fourth-order valence-corrected chi connectivity index (χ4v) is 8.75. The van der Waals surface area contributed by atoms with Crippen molar-refractivity contribution in [3.8, 4) is 45.5 Å². The third-order valence-corrected chi connectivity index (χ3v) is 11.2. The van der Waals surface area contributed by atoms with Crippen molar-refractivity contribution in [3.05, 3.63) is 188 Å². The van der Waals surface area contributed by atoms with Gasteiger partial charge in [0.2, 0.25) is 0 Å². The molecule has 0 aliphatic heterocycles. The molecule has 0 amide bonds. The third-order valence-electron chi connectivity index (χ3n) is 11.2. The summed E-state index contributed by atoms with van der Waals surface area (Å²) in [5, 5.41) is 6.72. The lowest BCUT2D eigenvalue weighted by atomic mass is 10.0. The van der Waals surface area contributed by atoms with Crippen LogP contribution in [0.4, 0.5) is 0 Å². The molecule has 0 saturated carbocycles. The van der Waals surface area contributed by atoms with Gasteiger partial charge in [-0.05, 0) is 48.5 Å². The van der Waals surface area contributed by atoms with Gasteiger partial charge in [0.1, 0.15) is 11.2 Å². The number of furan rings is 1. The number of rotatable bonds is 5. The molecule has 0 bridgehead atoms. The predicted octanol–water partition coefficient (Wildman–Crippen LogP) is 13.0. The molecule has 266 valence electrons. The molecule has 8 aromatic carbocycles. The van der Waals surface area contributed by atoms with Gasteiger partial charge < -0.3 is 13.6 Å². The molecule has 0 fully saturated rings. The molecular weight excluding hydrogens is 699 g/mol. The number of hydrogen-bond acceptors (Lipinski definition) is 4. The number of para-hydroxylation sites is 4. The van der Waals surface area contributed by atoms with Crippen molar-refractivity contribution in [3.63, 3.8) is 0 Å². The molecule has 0 aliphatic carbocycles. The van der Waals surface area contributed by atoms with E-state index in [2.05, 4.69) is 124 Å². The molecule has 0 saturated heterocycles. The Morgan fingerprint density at radius 1 is 0.351 bits per heavy atom. The second kappa shape index (κ2) is 12.3. The predicted molar refractivity (Wildman–Crippen MR) is 232 cm³/mol. The summed E-state index contributed by atoms with van der Waals surface area (Å²) in [6.45, 7) is 0. The van der Waals surface area contributed by atoms with Gasteiger partial charge in [-0.2, -0.15) is 0 Å². The van der Waals surface area contributed by atoms with E-state index in [9.17, 15) is 0 Å². The normalized spacial score (nSPS) is 11.9. The second-order valence-corrected chi connectivity index (χ2v) is 14.4. The van der Waals surface area contributed by atoms with Gasteiger partial charge >= 0.3 is 0 Å². The van der Waals surface area contributed by atoms with Crippen LogP contribution in [0.1, 0.15) is 0 Å². The highest BCUT2D eigenvalue weighted by atomic mass is 16.3. The van der Waals surface area contributed by atoms with E-state index in [1.54, 1.807) is 0 Å². The maximum atomic E-state index is 6.56. The van der Waals surface area contributed by atoms with Crippen LogP contribution in [0.2, 0.25) is 0 Å². The summed E-state index contributed by atoms with van der Waals surface area (Å²) in [5.74, 6) is 1.78. The molecule has 0 atom stereocenters. The quantitative estimate of drug-likeness (QED) is 0.177. The Hall–Kier alpha value is -7.83. The number of benzene rings is 8. The van der Waals surface area contributed by atoms with E-state index in [0.29, 0.717) is 17.5 Å². The molecule has 0 spiro atoms. The fraction of sp³-hybridized carbons (Fsp3) is 0. The van der Waals surface area contributed by atoms with Crippen LogP contribution in [-0.2, 0) is 0 Å². The Morgan fingerprint density at radius 3 is 1.61 bits per heavy atom. The lowest BCUT2D eigenvalue weighted by molar-refractivity contribution is 0.669. The Kier molecular flexibility index (Phi) is 6.83. The van der Waals surface area contributed by atoms with Gasteiger partial charge in [-0.3, -0.25) is 0 Å². The number of hydrogen-bond donors (Lipinski definition) is 0. The zero-order chi connectivity index (χ0) is 37.5. The van der Waals surface area contributed by atoms with Crippen molar-refractivity contribution in [1.29, 1.82) is 0 Å². The topological polar surface area (TPSA) is 61.7 Å². The van der Waals surface area contributed by atoms with Crippen LogP contribution in [-0.4, -0.2) is 24.1 Å². The number of nitrogens with zero attached hydrogens (tertiary/aromatic N) is 5. The lowest BCUT2D eigenvalue weighted by Crippen LogP contribution is -2.04. The van der Waals surface area contributed by atoms with Crippen molar-refractivity contribution in [2.24, 2.45) is 0 Å². The first-order valence-corrected chi connectivity index (χ1v) is 19.1. The molecule has 12 aromatic rings. The van der Waals surface area contributed by atoms with Gasteiger partial charge in [0.05, 0.1) is 33.3 Å². The first-order chi connectivity index (χ1) is 28.3. The lowest BCUT2D eigenvalue weighted by Gasteiger charge is -2.16. The van der Waals surface area contributed by atoms with Gasteiger partial charge in [-0.25, -0.2) is 15.0 Å². The Labute approximate surface area is 326 Å². The van der Waals surface area contributed by atoms with Crippen molar-refractivity contribution < 1.29 is 4.42 Å². The highest BCUT2D eigenvalue weighted by Crippen LogP contribution is 2.46. The van der Waals surface area contributed by atoms with E-state index in [1.165, 1.54) is 27.2 Å². The largest absolute Gasteiger partial charge is 0.456 e. The minimum absolute atomic E-state index is 0.570. The summed E-state index contributed by atoms with van der Waals surface area (Å²) >= 11 is 0. The maximum absolute atomic E-state index is 6.56. The van der Waals surface area contributed by atoms with Crippen molar-refractivity contribution >= 4 is 65.6 Å². The minimum atomic E-state index is 0.570. The summed E-state index contributed by atoms with van der Waals surface area (Å²) in [4.78, 5) is 15.7.